The Balaban J connectivity index is 1.60. The van der Waals surface area contributed by atoms with Crippen molar-refractivity contribution in [1.29, 1.82) is 0 Å². The molecule has 9 heteroatoms. The van der Waals surface area contributed by atoms with E-state index in [1.165, 1.54) is 10.4 Å². The molecule has 0 spiro atoms. The minimum atomic E-state index is -3.71. The minimum Gasteiger partial charge on any atom is -0.353 e. The number of piperazine rings is 1. The summed E-state index contributed by atoms with van der Waals surface area (Å²) in [5.74, 6) is 0.834. The molecule has 6 nitrogen and oxygen atoms in total. The molecule has 4 rings (SSSR count). The lowest BCUT2D eigenvalue weighted by Crippen LogP contribution is -2.49. The summed E-state index contributed by atoms with van der Waals surface area (Å²) in [5, 5.41) is 1.28. The maximum absolute atomic E-state index is 13.0. The van der Waals surface area contributed by atoms with Gasteiger partial charge in [0, 0.05) is 31.6 Å². The van der Waals surface area contributed by atoms with Crippen molar-refractivity contribution in [2.45, 2.75) is 11.8 Å². The Kier molecular flexibility index (Phi) is 5.18. The average molecular weight is 437 g/mol. The first-order valence-electron chi connectivity index (χ1n) is 8.79. The van der Waals surface area contributed by atoms with Crippen molar-refractivity contribution in [3.8, 4) is 0 Å². The van der Waals surface area contributed by atoms with Gasteiger partial charge in [-0.25, -0.2) is 18.4 Å². The van der Waals surface area contributed by atoms with Crippen molar-refractivity contribution in [3.63, 3.8) is 0 Å². The number of fused-ring (bicyclic) bond motifs is 1. The number of sulfonamides is 1. The molecule has 146 valence electrons. The summed E-state index contributed by atoms with van der Waals surface area (Å²) in [4.78, 5) is 10.9. The van der Waals surface area contributed by atoms with Gasteiger partial charge < -0.3 is 4.90 Å². The van der Waals surface area contributed by atoms with Gasteiger partial charge in [-0.15, -0.1) is 0 Å². The van der Waals surface area contributed by atoms with Gasteiger partial charge >= 0.3 is 0 Å². The van der Waals surface area contributed by atoms with Crippen molar-refractivity contribution >= 4 is 49.9 Å². The number of anilines is 1. The maximum Gasteiger partial charge on any atom is 0.244 e. The number of hydrogen-bond donors (Lipinski definition) is 0. The predicted molar refractivity (Wildman–Crippen MR) is 112 cm³/mol. The summed E-state index contributed by atoms with van der Waals surface area (Å²) < 4.78 is 27.5. The molecule has 2 aromatic carbocycles. The van der Waals surface area contributed by atoms with E-state index in [4.69, 9.17) is 23.2 Å². The van der Waals surface area contributed by atoms with Crippen molar-refractivity contribution in [3.05, 3.63) is 58.3 Å². The first-order valence-corrected chi connectivity index (χ1v) is 11.0. The van der Waals surface area contributed by atoms with Gasteiger partial charge in [-0.3, -0.25) is 0 Å². The highest BCUT2D eigenvalue weighted by Crippen LogP contribution is 2.32. The van der Waals surface area contributed by atoms with Crippen LogP contribution in [0.25, 0.3) is 10.9 Å². The molecule has 1 aliphatic rings. The van der Waals surface area contributed by atoms with Crippen molar-refractivity contribution in [1.82, 2.24) is 14.3 Å². The normalized spacial score (nSPS) is 15.9. The Morgan fingerprint density at radius 3 is 2.43 bits per heavy atom. The third kappa shape index (κ3) is 3.33. The Morgan fingerprint density at radius 1 is 0.964 bits per heavy atom. The molecule has 0 N–H and O–H groups in total. The fourth-order valence-electron chi connectivity index (χ4n) is 3.46. The van der Waals surface area contributed by atoms with E-state index in [0.29, 0.717) is 26.2 Å². The number of benzene rings is 2. The van der Waals surface area contributed by atoms with E-state index in [0.717, 1.165) is 22.3 Å². The summed E-state index contributed by atoms with van der Waals surface area (Å²) >= 11 is 12.1. The van der Waals surface area contributed by atoms with Crippen molar-refractivity contribution in [2.24, 2.45) is 0 Å². The van der Waals surface area contributed by atoms with Crippen LogP contribution >= 0.6 is 23.2 Å². The second-order valence-corrected chi connectivity index (χ2v) is 9.30. The molecule has 0 saturated carbocycles. The van der Waals surface area contributed by atoms with Gasteiger partial charge in [0.1, 0.15) is 17.0 Å². The van der Waals surface area contributed by atoms with Crippen LogP contribution in [0.5, 0.6) is 0 Å². The topological polar surface area (TPSA) is 66.4 Å². The molecular weight excluding hydrogens is 419 g/mol. The molecule has 0 aliphatic carbocycles. The van der Waals surface area contributed by atoms with E-state index in [-0.39, 0.29) is 14.9 Å². The molecule has 1 fully saturated rings. The lowest BCUT2D eigenvalue weighted by atomic mass is 10.1. The Labute approximate surface area is 173 Å². The monoisotopic (exact) mass is 436 g/mol. The lowest BCUT2D eigenvalue weighted by Gasteiger charge is -2.35. The molecule has 1 saturated heterocycles. The quantitative estimate of drug-likeness (QED) is 0.625. The second kappa shape index (κ2) is 7.48. The van der Waals surface area contributed by atoms with Crippen LogP contribution in [0.4, 0.5) is 5.82 Å². The molecular formula is C19H18Cl2N4O2S. The zero-order valence-corrected chi connectivity index (χ0v) is 17.5. The summed E-state index contributed by atoms with van der Waals surface area (Å²) in [6, 6.07) is 10.6. The molecule has 1 aliphatic heterocycles. The predicted octanol–water partition coefficient (Wildman–Crippen LogP) is 3.76. The molecule has 2 heterocycles. The zero-order valence-electron chi connectivity index (χ0n) is 15.1. The van der Waals surface area contributed by atoms with E-state index < -0.39 is 10.0 Å². The van der Waals surface area contributed by atoms with E-state index >= 15 is 0 Å². The standard InChI is InChI=1S/C19H18Cl2N4O2S/c1-13-4-2-6-15-17(13)19(23-12-22-15)24-8-10-25(11-9-24)28(26,27)16-7-3-5-14(20)18(16)21/h2-7,12H,8-11H2,1H3. The SMILES string of the molecule is Cc1cccc2ncnc(N3CCN(S(=O)(=O)c4cccc(Cl)c4Cl)CC3)c12. The summed E-state index contributed by atoms with van der Waals surface area (Å²) in [6.45, 7) is 3.75. The van der Waals surface area contributed by atoms with Gasteiger partial charge in [-0.2, -0.15) is 4.31 Å². The molecule has 0 amide bonds. The van der Waals surface area contributed by atoms with E-state index in [1.807, 2.05) is 25.1 Å². The smallest absolute Gasteiger partial charge is 0.244 e. The van der Waals surface area contributed by atoms with Gasteiger partial charge in [0.05, 0.1) is 15.6 Å². The van der Waals surface area contributed by atoms with Crippen LogP contribution < -0.4 is 4.90 Å². The zero-order chi connectivity index (χ0) is 19.9. The molecule has 0 bridgehead atoms. The van der Waals surface area contributed by atoms with Crippen LogP contribution in [0.3, 0.4) is 0 Å². The van der Waals surface area contributed by atoms with Gasteiger partial charge in [-0.1, -0.05) is 41.4 Å². The number of halogens is 2. The lowest BCUT2D eigenvalue weighted by molar-refractivity contribution is 0.384. The highest BCUT2D eigenvalue weighted by Gasteiger charge is 2.31. The minimum absolute atomic E-state index is 0.0402. The van der Waals surface area contributed by atoms with Crippen molar-refractivity contribution < 1.29 is 8.42 Å². The second-order valence-electron chi connectivity index (χ2n) is 6.61. The van der Waals surface area contributed by atoms with Crippen LogP contribution in [0.15, 0.2) is 47.6 Å². The third-order valence-electron chi connectivity index (χ3n) is 4.92. The van der Waals surface area contributed by atoms with Gasteiger partial charge in [0.15, 0.2) is 0 Å². The molecule has 0 radical (unpaired) electrons. The van der Waals surface area contributed by atoms with E-state index in [1.54, 1.807) is 18.5 Å². The number of rotatable bonds is 3. The first-order chi connectivity index (χ1) is 13.4. The molecule has 0 atom stereocenters. The highest BCUT2D eigenvalue weighted by molar-refractivity contribution is 7.89. The summed E-state index contributed by atoms with van der Waals surface area (Å²) in [6.07, 6.45) is 1.55. The number of aromatic nitrogens is 2. The maximum atomic E-state index is 13.0. The van der Waals surface area contributed by atoms with Gasteiger partial charge in [-0.05, 0) is 30.7 Å². The van der Waals surface area contributed by atoms with Crippen LogP contribution in [0.2, 0.25) is 10.0 Å². The van der Waals surface area contributed by atoms with Gasteiger partial charge in [0.2, 0.25) is 10.0 Å². The Morgan fingerprint density at radius 2 is 1.68 bits per heavy atom. The van der Waals surface area contributed by atoms with E-state index in [2.05, 4.69) is 14.9 Å². The van der Waals surface area contributed by atoms with Gasteiger partial charge in [0.25, 0.3) is 0 Å². The Bertz CT molecular complexity index is 1140. The molecule has 0 unspecified atom stereocenters. The largest absolute Gasteiger partial charge is 0.353 e. The molecule has 28 heavy (non-hydrogen) atoms. The fraction of sp³-hybridized carbons (Fsp3) is 0.263. The van der Waals surface area contributed by atoms with Crippen LogP contribution in [0.1, 0.15) is 5.56 Å². The highest BCUT2D eigenvalue weighted by atomic mass is 35.5. The number of nitrogens with zero attached hydrogens (tertiary/aromatic N) is 4. The number of aryl methyl sites for hydroxylation is 1. The van der Waals surface area contributed by atoms with E-state index in [9.17, 15) is 8.42 Å². The molecule has 1 aromatic heterocycles. The fourth-order valence-corrected chi connectivity index (χ4v) is 5.62. The average Bonchev–Trinajstić information content (AvgIpc) is 2.70. The Hall–Kier alpha value is -1.93. The summed E-state index contributed by atoms with van der Waals surface area (Å²) in [5.41, 5.74) is 1.97. The van der Waals surface area contributed by atoms with Crippen LogP contribution in [-0.2, 0) is 10.0 Å². The van der Waals surface area contributed by atoms with Crippen LogP contribution in [0, 0.1) is 6.92 Å². The molecule has 3 aromatic rings. The van der Waals surface area contributed by atoms with Crippen molar-refractivity contribution in [2.75, 3.05) is 31.1 Å². The third-order valence-corrected chi connectivity index (χ3v) is 7.80. The van der Waals surface area contributed by atoms with Crippen LogP contribution in [-0.4, -0.2) is 48.9 Å². The summed E-state index contributed by atoms with van der Waals surface area (Å²) in [7, 11) is -3.71. The first kappa shape index (κ1) is 19.4. The number of hydrogen-bond acceptors (Lipinski definition) is 5.